The summed E-state index contributed by atoms with van der Waals surface area (Å²) in [5.74, 6) is 0. The summed E-state index contributed by atoms with van der Waals surface area (Å²) < 4.78 is 2.22. The number of rotatable bonds is 3. The van der Waals surface area contributed by atoms with Gasteiger partial charge in [-0.05, 0) is 47.4 Å². The maximum Gasteiger partial charge on any atom is 0.318 e. The van der Waals surface area contributed by atoms with Gasteiger partial charge in [-0.25, -0.2) is 4.79 Å². The van der Waals surface area contributed by atoms with Gasteiger partial charge in [0.2, 0.25) is 0 Å². The van der Waals surface area contributed by atoms with Crippen molar-refractivity contribution in [1.29, 1.82) is 0 Å². The molecule has 4 aromatic rings. The Kier molecular flexibility index (Phi) is 5.04. The molecule has 4 nitrogen and oxygen atoms in total. The molecule has 0 unspecified atom stereocenters. The molecule has 0 fully saturated rings. The molecule has 0 saturated carbocycles. The summed E-state index contributed by atoms with van der Waals surface area (Å²) in [7, 11) is 0. The van der Waals surface area contributed by atoms with E-state index in [1.54, 1.807) is 0 Å². The molecule has 0 bridgehead atoms. The van der Waals surface area contributed by atoms with E-state index in [2.05, 4.69) is 65.5 Å². The minimum absolute atomic E-state index is 0.0680. The highest BCUT2D eigenvalue weighted by atomic mass is 16.2. The largest absolute Gasteiger partial charge is 0.334 e. The summed E-state index contributed by atoms with van der Waals surface area (Å²) in [5, 5.41) is 3.15. The van der Waals surface area contributed by atoms with E-state index in [0.717, 1.165) is 28.1 Å². The Balaban J connectivity index is 1.59. The summed E-state index contributed by atoms with van der Waals surface area (Å²) >= 11 is 0. The second kappa shape index (κ2) is 8.15. The SMILES string of the molecule is Cc1ccccc1[C@@H]1c2cccn2-c2ccccc2CN1C(=O)NCc1ccccc1. The first-order chi connectivity index (χ1) is 15.2. The molecule has 3 aromatic carbocycles. The number of aryl methyl sites for hydroxylation is 1. The Morgan fingerprint density at radius 3 is 2.48 bits per heavy atom. The lowest BCUT2D eigenvalue weighted by atomic mass is 9.97. The molecule has 4 heteroatoms. The van der Waals surface area contributed by atoms with Crippen LogP contribution in [0.1, 0.15) is 34.0 Å². The molecule has 5 rings (SSSR count). The topological polar surface area (TPSA) is 37.3 Å². The fourth-order valence-corrected chi connectivity index (χ4v) is 4.44. The zero-order valence-corrected chi connectivity index (χ0v) is 17.5. The first kappa shape index (κ1) is 19.2. The van der Waals surface area contributed by atoms with Crippen LogP contribution < -0.4 is 5.32 Å². The van der Waals surface area contributed by atoms with Gasteiger partial charge in [-0.1, -0.05) is 72.8 Å². The van der Waals surface area contributed by atoms with E-state index in [1.807, 2.05) is 53.4 Å². The first-order valence-electron chi connectivity index (χ1n) is 10.6. The summed E-state index contributed by atoms with van der Waals surface area (Å²) in [6.45, 7) is 3.15. The van der Waals surface area contributed by atoms with Crippen molar-refractivity contribution >= 4 is 6.03 Å². The molecule has 2 heterocycles. The molecule has 0 spiro atoms. The molecule has 0 aliphatic carbocycles. The standard InChI is InChI=1S/C27H25N3O/c1-20-10-5-7-14-23(20)26-25-16-9-17-29(25)24-15-8-6-13-22(24)19-30(26)27(31)28-18-21-11-3-2-4-12-21/h2-17,26H,18-19H2,1H3,(H,28,31)/t26-/m1/s1. The Bertz CT molecular complexity index is 1210. The van der Waals surface area contributed by atoms with Crippen molar-refractivity contribution < 1.29 is 4.79 Å². The molecule has 31 heavy (non-hydrogen) atoms. The van der Waals surface area contributed by atoms with E-state index in [4.69, 9.17) is 0 Å². The van der Waals surface area contributed by atoms with Crippen molar-refractivity contribution in [2.45, 2.75) is 26.1 Å². The number of nitrogens with one attached hydrogen (secondary N) is 1. The third kappa shape index (κ3) is 3.61. The average Bonchev–Trinajstić information content (AvgIpc) is 3.23. The fraction of sp³-hybridized carbons (Fsp3) is 0.148. The second-order valence-electron chi connectivity index (χ2n) is 7.96. The molecule has 2 amide bonds. The molecule has 1 aliphatic rings. The van der Waals surface area contributed by atoms with Crippen LogP contribution in [0.5, 0.6) is 0 Å². The van der Waals surface area contributed by atoms with Crippen LogP contribution in [0.25, 0.3) is 5.69 Å². The minimum atomic E-state index is -0.181. The van der Waals surface area contributed by atoms with Crippen LogP contribution in [-0.2, 0) is 13.1 Å². The van der Waals surface area contributed by atoms with Crippen LogP contribution in [0, 0.1) is 6.92 Å². The Morgan fingerprint density at radius 2 is 1.65 bits per heavy atom. The highest BCUT2D eigenvalue weighted by molar-refractivity contribution is 5.76. The van der Waals surface area contributed by atoms with Gasteiger partial charge in [0.1, 0.15) is 6.04 Å². The van der Waals surface area contributed by atoms with Crippen molar-refractivity contribution in [3.8, 4) is 5.69 Å². The number of carbonyl (C=O) groups is 1. The molecule has 0 radical (unpaired) electrons. The average molecular weight is 408 g/mol. The number of nitrogens with zero attached hydrogens (tertiary/aromatic N) is 2. The van der Waals surface area contributed by atoms with Crippen LogP contribution in [0.4, 0.5) is 4.79 Å². The Hall–Kier alpha value is -3.79. The molecule has 1 aromatic heterocycles. The van der Waals surface area contributed by atoms with E-state index >= 15 is 0 Å². The number of urea groups is 1. The number of hydrogen-bond donors (Lipinski definition) is 1. The van der Waals surface area contributed by atoms with E-state index in [0.29, 0.717) is 13.1 Å². The lowest BCUT2D eigenvalue weighted by molar-refractivity contribution is 0.180. The van der Waals surface area contributed by atoms with E-state index < -0.39 is 0 Å². The van der Waals surface area contributed by atoms with Gasteiger partial charge >= 0.3 is 6.03 Å². The monoisotopic (exact) mass is 407 g/mol. The molecule has 154 valence electrons. The van der Waals surface area contributed by atoms with E-state index in [9.17, 15) is 4.79 Å². The van der Waals surface area contributed by atoms with Gasteiger partial charge in [0, 0.05) is 18.4 Å². The smallest absolute Gasteiger partial charge is 0.318 e. The summed E-state index contributed by atoms with van der Waals surface area (Å²) in [6.07, 6.45) is 2.09. The number of fused-ring (bicyclic) bond motifs is 3. The van der Waals surface area contributed by atoms with E-state index in [-0.39, 0.29) is 12.1 Å². The fourth-order valence-electron chi connectivity index (χ4n) is 4.44. The third-order valence-corrected chi connectivity index (χ3v) is 5.99. The normalized spacial score (nSPS) is 15.0. The number of benzene rings is 3. The predicted octanol–water partition coefficient (Wildman–Crippen LogP) is 5.60. The van der Waals surface area contributed by atoms with Gasteiger partial charge in [0.15, 0.2) is 0 Å². The summed E-state index contributed by atoms with van der Waals surface area (Å²) in [5.41, 5.74) is 6.75. The third-order valence-electron chi connectivity index (χ3n) is 5.99. The number of aromatic nitrogens is 1. The van der Waals surface area contributed by atoms with Gasteiger partial charge in [0.25, 0.3) is 0 Å². The van der Waals surface area contributed by atoms with Crippen LogP contribution in [0.15, 0.2) is 97.2 Å². The molecule has 1 atom stereocenters. The summed E-state index contributed by atoms with van der Waals surface area (Å²) in [4.78, 5) is 15.5. The van der Waals surface area contributed by atoms with Crippen LogP contribution in [0.3, 0.4) is 0 Å². The van der Waals surface area contributed by atoms with Gasteiger partial charge < -0.3 is 14.8 Å². The Morgan fingerprint density at radius 1 is 0.903 bits per heavy atom. The van der Waals surface area contributed by atoms with Crippen LogP contribution >= 0.6 is 0 Å². The Labute approximate surface area is 182 Å². The lowest BCUT2D eigenvalue weighted by Gasteiger charge is -2.32. The molecule has 1 aliphatic heterocycles. The molecular formula is C27H25N3O. The first-order valence-corrected chi connectivity index (χ1v) is 10.6. The highest BCUT2D eigenvalue weighted by Crippen LogP contribution is 2.37. The number of para-hydroxylation sites is 1. The number of amides is 2. The van der Waals surface area contributed by atoms with Gasteiger partial charge in [-0.3, -0.25) is 0 Å². The van der Waals surface area contributed by atoms with Crippen LogP contribution in [-0.4, -0.2) is 15.5 Å². The number of carbonyl (C=O) groups excluding carboxylic acids is 1. The van der Waals surface area contributed by atoms with Crippen molar-refractivity contribution in [1.82, 2.24) is 14.8 Å². The molecule has 0 saturated heterocycles. The zero-order valence-electron chi connectivity index (χ0n) is 17.5. The van der Waals surface area contributed by atoms with Crippen molar-refractivity contribution in [2.24, 2.45) is 0 Å². The molecular weight excluding hydrogens is 382 g/mol. The highest BCUT2D eigenvalue weighted by Gasteiger charge is 2.33. The van der Waals surface area contributed by atoms with Gasteiger partial charge in [-0.2, -0.15) is 0 Å². The zero-order chi connectivity index (χ0) is 21.2. The van der Waals surface area contributed by atoms with Crippen molar-refractivity contribution in [2.75, 3.05) is 0 Å². The summed E-state index contributed by atoms with van der Waals surface area (Å²) in [6, 6.07) is 30.6. The van der Waals surface area contributed by atoms with Crippen molar-refractivity contribution in [3.05, 3.63) is 125 Å². The minimum Gasteiger partial charge on any atom is -0.334 e. The quantitative estimate of drug-likeness (QED) is 0.472. The molecule has 1 N–H and O–H groups in total. The maximum atomic E-state index is 13.6. The van der Waals surface area contributed by atoms with Gasteiger partial charge in [-0.15, -0.1) is 0 Å². The van der Waals surface area contributed by atoms with Crippen molar-refractivity contribution in [3.63, 3.8) is 0 Å². The maximum absolute atomic E-state index is 13.6. The lowest BCUT2D eigenvalue weighted by Crippen LogP contribution is -2.41. The predicted molar refractivity (Wildman–Crippen MR) is 123 cm³/mol. The second-order valence-corrected chi connectivity index (χ2v) is 7.96. The number of hydrogen-bond acceptors (Lipinski definition) is 1. The van der Waals surface area contributed by atoms with Crippen LogP contribution in [0.2, 0.25) is 0 Å². The van der Waals surface area contributed by atoms with Gasteiger partial charge in [0.05, 0.1) is 12.2 Å². The van der Waals surface area contributed by atoms with E-state index in [1.165, 1.54) is 5.56 Å².